The monoisotopic (exact) mass is 256 g/mol. The van der Waals surface area contributed by atoms with Crippen molar-refractivity contribution in [1.29, 1.82) is 5.26 Å². The molecule has 0 bridgehead atoms. The van der Waals surface area contributed by atoms with Gasteiger partial charge in [-0.05, 0) is 30.2 Å². The first kappa shape index (κ1) is 12.6. The lowest BCUT2D eigenvalue weighted by Crippen LogP contribution is -2.05. The number of hydrogen-bond acceptors (Lipinski definition) is 4. The van der Waals surface area contributed by atoms with Gasteiger partial charge in [-0.3, -0.25) is 4.68 Å². The third-order valence-corrected chi connectivity index (χ3v) is 2.80. The van der Waals surface area contributed by atoms with E-state index in [1.54, 1.807) is 12.1 Å². The Morgan fingerprint density at radius 2 is 2.32 bits per heavy atom. The number of benzene rings is 1. The average molecular weight is 256 g/mol. The molecule has 0 aliphatic heterocycles. The third kappa shape index (κ3) is 2.55. The van der Waals surface area contributed by atoms with Crippen LogP contribution in [-0.2, 0) is 6.54 Å². The molecule has 1 heterocycles. The standard InChI is InChI=1S/C13H12N4O2/c1-8-4-9(5-14)2-3-10(8)6-17-7-11(15)12(16-17)13(18)19/h2-4,7H,6,15H2,1H3,(H,18,19). The minimum absolute atomic E-state index is 0.138. The number of carboxylic acids is 1. The number of carbonyl (C=O) groups is 1. The largest absolute Gasteiger partial charge is 0.476 e. The van der Waals surface area contributed by atoms with Crippen LogP contribution < -0.4 is 5.73 Å². The SMILES string of the molecule is Cc1cc(C#N)ccc1Cn1cc(N)c(C(=O)O)n1. The fraction of sp³-hybridized carbons (Fsp3) is 0.154. The Labute approximate surface area is 109 Å². The highest BCUT2D eigenvalue weighted by Crippen LogP contribution is 2.14. The van der Waals surface area contributed by atoms with Gasteiger partial charge in [0.05, 0.1) is 23.9 Å². The second kappa shape index (κ2) is 4.82. The van der Waals surface area contributed by atoms with Gasteiger partial charge in [-0.25, -0.2) is 4.79 Å². The second-order valence-electron chi connectivity index (χ2n) is 4.19. The molecule has 19 heavy (non-hydrogen) atoms. The van der Waals surface area contributed by atoms with Gasteiger partial charge in [0, 0.05) is 6.20 Å². The summed E-state index contributed by atoms with van der Waals surface area (Å²) < 4.78 is 1.48. The zero-order valence-corrected chi connectivity index (χ0v) is 10.3. The van der Waals surface area contributed by atoms with E-state index in [4.69, 9.17) is 16.1 Å². The molecule has 2 aromatic rings. The van der Waals surface area contributed by atoms with Gasteiger partial charge in [0.25, 0.3) is 0 Å². The van der Waals surface area contributed by atoms with Crippen LogP contribution >= 0.6 is 0 Å². The van der Waals surface area contributed by atoms with Crippen molar-refractivity contribution in [1.82, 2.24) is 9.78 Å². The number of nitrogens with two attached hydrogens (primary N) is 1. The van der Waals surface area contributed by atoms with Crippen molar-refractivity contribution in [2.45, 2.75) is 13.5 Å². The molecule has 0 radical (unpaired) electrons. The summed E-state index contributed by atoms with van der Waals surface area (Å²) in [5.41, 5.74) is 8.06. The Hall–Kier alpha value is -2.81. The van der Waals surface area contributed by atoms with E-state index in [2.05, 4.69) is 11.2 Å². The maximum atomic E-state index is 10.8. The Morgan fingerprint density at radius 3 is 2.84 bits per heavy atom. The zero-order chi connectivity index (χ0) is 14.0. The van der Waals surface area contributed by atoms with Gasteiger partial charge >= 0.3 is 5.97 Å². The van der Waals surface area contributed by atoms with Gasteiger partial charge in [-0.15, -0.1) is 0 Å². The molecule has 0 aliphatic rings. The number of nitrogen functional groups attached to an aromatic ring is 1. The van der Waals surface area contributed by atoms with Crippen LogP contribution in [0, 0.1) is 18.3 Å². The Kier molecular flexibility index (Phi) is 3.21. The predicted octanol–water partition coefficient (Wildman–Crippen LogP) is 1.39. The van der Waals surface area contributed by atoms with E-state index in [0.717, 1.165) is 11.1 Å². The first-order valence-corrected chi connectivity index (χ1v) is 5.57. The van der Waals surface area contributed by atoms with Crippen LogP contribution in [-0.4, -0.2) is 20.9 Å². The molecule has 6 nitrogen and oxygen atoms in total. The molecule has 0 saturated heterocycles. The lowest BCUT2D eigenvalue weighted by atomic mass is 10.1. The molecule has 0 spiro atoms. The van der Waals surface area contributed by atoms with Crippen LogP contribution in [0.5, 0.6) is 0 Å². The molecule has 1 aromatic carbocycles. The number of nitriles is 1. The molecule has 0 saturated carbocycles. The van der Waals surface area contributed by atoms with E-state index in [-0.39, 0.29) is 11.4 Å². The van der Waals surface area contributed by atoms with E-state index in [1.165, 1.54) is 10.9 Å². The summed E-state index contributed by atoms with van der Waals surface area (Å²) in [7, 11) is 0. The first-order chi connectivity index (χ1) is 9.01. The van der Waals surface area contributed by atoms with Crippen molar-refractivity contribution in [2.75, 3.05) is 5.73 Å². The fourth-order valence-electron chi connectivity index (χ4n) is 1.80. The van der Waals surface area contributed by atoms with Gasteiger partial charge in [0.2, 0.25) is 0 Å². The van der Waals surface area contributed by atoms with E-state index in [9.17, 15) is 4.79 Å². The van der Waals surface area contributed by atoms with Crippen molar-refractivity contribution in [2.24, 2.45) is 0 Å². The van der Waals surface area contributed by atoms with Crippen LogP contribution in [0.2, 0.25) is 0 Å². The van der Waals surface area contributed by atoms with E-state index in [0.29, 0.717) is 12.1 Å². The summed E-state index contributed by atoms with van der Waals surface area (Å²) in [6.45, 7) is 2.30. The van der Waals surface area contributed by atoms with E-state index < -0.39 is 5.97 Å². The molecule has 3 N–H and O–H groups in total. The first-order valence-electron chi connectivity index (χ1n) is 5.57. The van der Waals surface area contributed by atoms with Crippen LogP contribution in [0.3, 0.4) is 0 Å². The lowest BCUT2D eigenvalue weighted by Gasteiger charge is -2.06. The summed E-state index contributed by atoms with van der Waals surface area (Å²) in [5, 5.41) is 21.6. The summed E-state index contributed by atoms with van der Waals surface area (Å²) >= 11 is 0. The molecule has 0 amide bonds. The van der Waals surface area contributed by atoms with Gasteiger partial charge in [-0.1, -0.05) is 6.07 Å². The summed E-state index contributed by atoms with van der Waals surface area (Å²) in [6.07, 6.45) is 1.49. The predicted molar refractivity (Wildman–Crippen MR) is 68.6 cm³/mol. The van der Waals surface area contributed by atoms with Crippen molar-refractivity contribution >= 4 is 11.7 Å². The second-order valence-corrected chi connectivity index (χ2v) is 4.19. The van der Waals surface area contributed by atoms with Gasteiger partial charge < -0.3 is 10.8 Å². The summed E-state index contributed by atoms with van der Waals surface area (Å²) in [6, 6.07) is 7.39. The maximum Gasteiger partial charge on any atom is 0.358 e. The van der Waals surface area contributed by atoms with Crippen LogP contribution in [0.25, 0.3) is 0 Å². The summed E-state index contributed by atoms with van der Waals surface area (Å²) in [5.74, 6) is -1.15. The highest BCUT2D eigenvalue weighted by Gasteiger charge is 2.13. The Bertz CT molecular complexity index is 682. The van der Waals surface area contributed by atoms with Crippen molar-refractivity contribution in [3.63, 3.8) is 0 Å². The van der Waals surface area contributed by atoms with Crippen molar-refractivity contribution < 1.29 is 9.90 Å². The molecule has 1 aromatic heterocycles. The smallest absolute Gasteiger partial charge is 0.358 e. The Balaban J connectivity index is 2.29. The molecular weight excluding hydrogens is 244 g/mol. The van der Waals surface area contributed by atoms with Crippen LogP contribution in [0.4, 0.5) is 5.69 Å². The summed E-state index contributed by atoms with van der Waals surface area (Å²) in [4.78, 5) is 10.8. The highest BCUT2D eigenvalue weighted by atomic mass is 16.4. The van der Waals surface area contributed by atoms with Gasteiger partial charge in [0.1, 0.15) is 0 Å². The maximum absolute atomic E-state index is 10.8. The van der Waals surface area contributed by atoms with E-state index >= 15 is 0 Å². The average Bonchev–Trinajstić information content (AvgIpc) is 2.73. The van der Waals surface area contributed by atoms with Crippen LogP contribution in [0.1, 0.15) is 27.2 Å². The number of aryl methyl sites for hydroxylation is 1. The topological polar surface area (TPSA) is 105 Å². The molecule has 0 aliphatic carbocycles. The molecule has 2 rings (SSSR count). The number of anilines is 1. The lowest BCUT2D eigenvalue weighted by molar-refractivity contribution is 0.0690. The molecule has 0 atom stereocenters. The van der Waals surface area contributed by atoms with Crippen molar-refractivity contribution in [3.8, 4) is 6.07 Å². The Morgan fingerprint density at radius 1 is 1.58 bits per heavy atom. The zero-order valence-electron chi connectivity index (χ0n) is 10.3. The fourth-order valence-corrected chi connectivity index (χ4v) is 1.80. The van der Waals surface area contributed by atoms with Gasteiger partial charge in [0.15, 0.2) is 5.69 Å². The minimum Gasteiger partial charge on any atom is -0.476 e. The minimum atomic E-state index is -1.15. The van der Waals surface area contributed by atoms with Crippen molar-refractivity contribution in [3.05, 3.63) is 46.8 Å². The van der Waals surface area contributed by atoms with Gasteiger partial charge in [-0.2, -0.15) is 10.4 Å². The molecular formula is C13H12N4O2. The number of aromatic carboxylic acids is 1. The number of nitrogens with zero attached hydrogens (tertiary/aromatic N) is 3. The number of carboxylic acid groups (broad SMARTS) is 1. The molecule has 0 fully saturated rings. The normalized spacial score (nSPS) is 10.1. The number of aromatic nitrogens is 2. The molecule has 0 unspecified atom stereocenters. The van der Waals surface area contributed by atoms with Crippen LogP contribution in [0.15, 0.2) is 24.4 Å². The third-order valence-electron chi connectivity index (χ3n) is 2.80. The molecule has 96 valence electrons. The number of rotatable bonds is 3. The van der Waals surface area contributed by atoms with E-state index in [1.807, 2.05) is 13.0 Å². The highest BCUT2D eigenvalue weighted by molar-refractivity contribution is 5.91. The quantitative estimate of drug-likeness (QED) is 0.863. The number of hydrogen-bond donors (Lipinski definition) is 2. The molecule has 6 heteroatoms.